The summed E-state index contributed by atoms with van der Waals surface area (Å²) in [5.74, 6) is 1.18. The summed E-state index contributed by atoms with van der Waals surface area (Å²) in [7, 11) is 0. The molecule has 0 spiro atoms. The van der Waals surface area contributed by atoms with Crippen LogP contribution in [0.4, 0.5) is 0 Å². The molecule has 0 radical (unpaired) electrons. The van der Waals surface area contributed by atoms with Crippen LogP contribution in [-0.4, -0.2) is 18.6 Å². The molecule has 1 atom stereocenters. The van der Waals surface area contributed by atoms with Gasteiger partial charge >= 0.3 is 0 Å². The summed E-state index contributed by atoms with van der Waals surface area (Å²) in [4.78, 5) is 0. The highest BCUT2D eigenvalue weighted by atomic mass is 32.2. The van der Waals surface area contributed by atoms with Crippen molar-refractivity contribution in [3.8, 4) is 0 Å². The van der Waals surface area contributed by atoms with Crippen molar-refractivity contribution in [3.63, 3.8) is 0 Å². The molecule has 0 saturated heterocycles. The number of thioether (sulfide) groups is 1. The summed E-state index contributed by atoms with van der Waals surface area (Å²) in [5, 5.41) is 3.59. The van der Waals surface area contributed by atoms with Gasteiger partial charge in [-0.05, 0) is 25.2 Å². The number of benzene rings is 1. The fourth-order valence-electron chi connectivity index (χ4n) is 1.63. The van der Waals surface area contributed by atoms with Gasteiger partial charge in [0, 0.05) is 18.3 Å². The predicted octanol–water partition coefficient (Wildman–Crippen LogP) is 3.40. The van der Waals surface area contributed by atoms with Crippen LogP contribution in [-0.2, 0) is 0 Å². The molecule has 0 aliphatic heterocycles. The summed E-state index contributed by atoms with van der Waals surface area (Å²) in [6.45, 7) is 5.45. The van der Waals surface area contributed by atoms with Crippen molar-refractivity contribution in [1.29, 1.82) is 0 Å². The van der Waals surface area contributed by atoms with Crippen LogP contribution >= 0.6 is 11.8 Å². The molecule has 1 aromatic carbocycles. The first kappa shape index (κ1) is 12.6. The molecule has 0 aromatic heterocycles. The maximum atomic E-state index is 3.59. The minimum absolute atomic E-state index is 0.512. The molecular formula is C13H21NS. The molecule has 1 nitrogen and oxygen atoms in total. The minimum atomic E-state index is 0.512. The third-order valence-electron chi connectivity index (χ3n) is 2.58. The first-order valence-electron chi connectivity index (χ1n) is 5.56. The second kappa shape index (κ2) is 6.91. The summed E-state index contributed by atoms with van der Waals surface area (Å²) < 4.78 is 0. The van der Waals surface area contributed by atoms with E-state index in [1.807, 2.05) is 11.8 Å². The second-order valence-electron chi connectivity index (χ2n) is 3.82. The Morgan fingerprint density at radius 3 is 2.47 bits per heavy atom. The lowest BCUT2D eigenvalue weighted by Crippen LogP contribution is -2.23. The monoisotopic (exact) mass is 223 g/mol. The molecular weight excluding hydrogens is 202 g/mol. The van der Waals surface area contributed by atoms with Gasteiger partial charge in [0.25, 0.3) is 0 Å². The number of nitrogens with one attached hydrogen (secondary N) is 1. The van der Waals surface area contributed by atoms with Gasteiger partial charge in [-0.2, -0.15) is 11.8 Å². The fourth-order valence-corrected chi connectivity index (χ4v) is 1.95. The molecule has 2 heteroatoms. The minimum Gasteiger partial charge on any atom is -0.309 e. The highest BCUT2D eigenvalue weighted by Crippen LogP contribution is 2.16. The Kier molecular flexibility index (Phi) is 5.81. The van der Waals surface area contributed by atoms with Crippen molar-refractivity contribution in [2.75, 3.05) is 18.6 Å². The van der Waals surface area contributed by atoms with E-state index in [2.05, 4.69) is 49.7 Å². The first-order valence-corrected chi connectivity index (χ1v) is 6.96. The largest absolute Gasteiger partial charge is 0.309 e. The molecule has 84 valence electrons. The van der Waals surface area contributed by atoms with Crippen LogP contribution in [0.1, 0.15) is 30.5 Å². The summed E-state index contributed by atoms with van der Waals surface area (Å²) in [6.07, 6.45) is 3.30. The number of hydrogen-bond donors (Lipinski definition) is 1. The quantitative estimate of drug-likeness (QED) is 0.742. The normalized spacial score (nSPS) is 12.7. The van der Waals surface area contributed by atoms with Crippen LogP contribution in [0.3, 0.4) is 0 Å². The van der Waals surface area contributed by atoms with E-state index in [1.165, 1.54) is 16.9 Å². The molecule has 1 unspecified atom stereocenters. The smallest absolute Gasteiger partial charge is 0.0317 e. The van der Waals surface area contributed by atoms with Gasteiger partial charge in [0.1, 0.15) is 0 Å². The Balaban J connectivity index is 2.53. The fraction of sp³-hybridized carbons (Fsp3) is 0.538. The molecule has 0 saturated carbocycles. The molecule has 0 heterocycles. The number of aryl methyl sites for hydroxylation is 1. The summed E-state index contributed by atoms with van der Waals surface area (Å²) >= 11 is 1.89. The van der Waals surface area contributed by atoms with E-state index < -0.39 is 0 Å². The van der Waals surface area contributed by atoms with Crippen LogP contribution < -0.4 is 5.32 Å². The third-order valence-corrected chi connectivity index (χ3v) is 3.20. The zero-order valence-electron chi connectivity index (χ0n) is 9.92. The van der Waals surface area contributed by atoms with Gasteiger partial charge in [0.2, 0.25) is 0 Å². The van der Waals surface area contributed by atoms with Crippen molar-refractivity contribution in [2.24, 2.45) is 0 Å². The van der Waals surface area contributed by atoms with Gasteiger partial charge in [-0.25, -0.2) is 0 Å². The van der Waals surface area contributed by atoms with E-state index in [1.54, 1.807) is 0 Å². The highest BCUT2D eigenvalue weighted by Gasteiger charge is 2.06. The van der Waals surface area contributed by atoms with Crippen molar-refractivity contribution < 1.29 is 0 Å². The predicted molar refractivity (Wildman–Crippen MR) is 70.6 cm³/mol. The van der Waals surface area contributed by atoms with Crippen molar-refractivity contribution in [1.82, 2.24) is 5.32 Å². The van der Waals surface area contributed by atoms with Gasteiger partial charge < -0.3 is 5.32 Å². The number of rotatable bonds is 6. The Morgan fingerprint density at radius 2 is 1.93 bits per heavy atom. The van der Waals surface area contributed by atoms with E-state index in [0.717, 1.165) is 13.0 Å². The van der Waals surface area contributed by atoms with E-state index >= 15 is 0 Å². The first-order chi connectivity index (χ1) is 7.27. The molecule has 0 bridgehead atoms. The van der Waals surface area contributed by atoms with E-state index in [4.69, 9.17) is 0 Å². The maximum Gasteiger partial charge on any atom is 0.0317 e. The maximum absolute atomic E-state index is 3.59. The van der Waals surface area contributed by atoms with Gasteiger partial charge in [0.15, 0.2) is 0 Å². The standard InChI is InChI=1S/C13H21NS/c1-4-13(14-9-10-15-3)12-7-5-11(2)6-8-12/h5-8,13-14H,4,9-10H2,1-3H3. The van der Waals surface area contributed by atoms with Crippen LogP contribution in [0.25, 0.3) is 0 Å². The van der Waals surface area contributed by atoms with E-state index in [0.29, 0.717) is 6.04 Å². The van der Waals surface area contributed by atoms with E-state index in [-0.39, 0.29) is 0 Å². The molecule has 1 rings (SSSR count). The van der Waals surface area contributed by atoms with Crippen LogP contribution in [0, 0.1) is 6.92 Å². The SMILES string of the molecule is CCC(NCCSC)c1ccc(C)cc1. The lowest BCUT2D eigenvalue weighted by Gasteiger charge is -2.17. The van der Waals surface area contributed by atoms with Crippen molar-refractivity contribution in [3.05, 3.63) is 35.4 Å². The van der Waals surface area contributed by atoms with Crippen molar-refractivity contribution >= 4 is 11.8 Å². The number of hydrogen-bond acceptors (Lipinski definition) is 2. The van der Waals surface area contributed by atoms with Gasteiger partial charge in [-0.1, -0.05) is 36.8 Å². The Bertz CT molecular complexity index is 268. The summed E-state index contributed by atoms with van der Waals surface area (Å²) in [6, 6.07) is 9.35. The van der Waals surface area contributed by atoms with Crippen LogP contribution in [0.5, 0.6) is 0 Å². The zero-order chi connectivity index (χ0) is 11.1. The Labute approximate surface area is 97.7 Å². The lowest BCUT2D eigenvalue weighted by atomic mass is 10.0. The lowest BCUT2D eigenvalue weighted by molar-refractivity contribution is 0.540. The average molecular weight is 223 g/mol. The van der Waals surface area contributed by atoms with E-state index in [9.17, 15) is 0 Å². The second-order valence-corrected chi connectivity index (χ2v) is 4.80. The van der Waals surface area contributed by atoms with Gasteiger partial charge in [0.05, 0.1) is 0 Å². The molecule has 0 amide bonds. The molecule has 0 aliphatic rings. The highest BCUT2D eigenvalue weighted by molar-refractivity contribution is 7.98. The Morgan fingerprint density at radius 1 is 1.27 bits per heavy atom. The molecule has 0 aliphatic carbocycles. The Hall–Kier alpha value is -0.470. The molecule has 1 aromatic rings. The van der Waals surface area contributed by atoms with Gasteiger partial charge in [-0.3, -0.25) is 0 Å². The van der Waals surface area contributed by atoms with Crippen molar-refractivity contribution in [2.45, 2.75) is 26.3 Å². The third kappa shape index (κ3) is 4.27. The summed E-state index contributed by atoms with van der Waals surface area (Å²) in [5.41, 5.74) is 2.74. The molecule has 1 N–H and O–H groups in total. The topological polar surface area (TPSA) is 12.0 Å². The molecule has 0 fully saturated rings. The van der Waals surface area contributed by atoms with Gasteiger partial charge in [-0.15, -0.1) is 0 Å². The van der Waals surface area contributed by atoms with Crippen LogP contribution in [0.2, 0.25) is 0 Å². The van der Waals surface area contributed by atoms with Crippen LogP contribution in [0.15, 0.2) is 24.3 Å². The average Bonchev–Trinajstić information content (AvgIpc) is 2.26. The molecule has 15 heavy (non-hydrogen) atoms. The zero-order valence-corrected chi connectivity index (χ0v) is 10.7.